The topological polar surface area (TPSA) is 208 Å². The van der Waals surface area contributed by atoms with E-state index in [9.17, 15) is 33.9 Å². The summed E-state index contributed by atoms with van der Waals surface area (Å²) in [5.74, 6) is -4.30. The Morgan fingerprint density at radius 1 is 0.860 bits per heavy atom. The van der Waals surface area contributed by atoms with Crippen LogP contribution in [0.5, 0.6) is 0 Å². The van der Waals surface area contributed by atoms with E-state index in [0.717, 1.165) is 12.8 Å². The summed E-state index contributed by atoms with van der Waals surface area (Å²) >= 11 is 0. The van der Waals surface area contributed by atoms with Gasteiger partial charge in [-0.25, -0.2) is 9.78 Å². The maximum absolute atomic E-state index is 14.1. The smallest absolute Gasteiger partial charge is 0.360 e. The molecule has 2 atom stereocenters. The van der Waals surface area contributed by atoms with Crippen LogP contribution in [0.25, 0.3) is 17.2 Å². The van der Waals surface area contributed by atoms with E-state index in [2.05, 4.69) is 16.9 Å². The summed E-state index contributed by atoms with van der Waals surface area (Å²) in [7, 11) is 0. The zero-order valence-electron chi connectivity index (χ0n) is 33.0. The van der Waals surface area contributed by atoms with Crippen molar-refractivity contribution in [1.29, 1.82) is 5.41 Å². The first kappa shape index (κ1) is 43.7. The normalized spacial score (nSPS) is 13.3. The van der Waals surface area contributed by atoms with Gasteiger partial charge in [0.15, 0.2) is 11.5 Å². The van der Waals surface area contributed by atoms with E-state index in [-0.39, 0.29) is 46.6 Å². The summed E-state index contributed by atoms with van der Waals surface area (Å²) in [6.07, 6.45) is 0.560. The molecule has 2 aromatic carbocycles. The minimum absolute atomic E-state index is 0.0531. The van der Waals surface area contributed by atoms with Gasteiger partial charge in [-0.1, -0.05) is 64.6 Å². The van der Waals surface area contributed by atoms with Gasteiger partial charge < -0.3 is 34.8 Å². The highest BCUT2D eigenvalue weighted by atomic mass is 16.7. The van der Waals surface area contributed by atoms with Crippen molar-refractivity contribution in [1.82, 2.24) is 10.3 Å². The number of rotatable bonds is 19. The molecule has 14 nitrogen and oxygen atoms in total. The van der Waals surface area contributed by atoms with Gasteiger partial charge in [0.05, 0.1) is 24.9 Å². The number of ketones is 1. The van der Waals surface area contributed by atoms with Crippen molar-refractivity contribution < 1.29 is 52.8 Å². The second-order valence-electron chi connectivity index (χ2n) is 14.4. The molecule has 4 rings (SSSR count). The van der Waals surface area contributed by atoms with Crippen LogP contribution < -0.4 is 5.32 Å². The highest BCUT2D eigenvalue weighted by Gasteiger charge is 2.28. The highest BCUT2D eigenvalue weighted by Crippen LogP contribution is 2.33. The van der Waals surface area contributed by atoms with Crippen molar-refractivity contribution in [3.8, 4) is 11.1 Å². The quantitative estimate of drug-likeness (QED) is 0.0554. The Kier molecular flexibility index (Phi) is 15.1. The minimum atomic E-state index is -1.31. The van der Waals surface area contributed by atoms with E-state index in [0.29, 0.717) is 34.7 Å². The van der Waals surface area contributed by atoms with Crippen LogP contribution >= 0.6 is 0 Å². The fraction of sp³-hybridized carbons (Fsp3) is 0.395. The molecule has 0 radical (unpaired) electrons. The first-order valence-electron chi connectivity index (χ1n) is 18.7. The Balaban J connectivity index is 1.63. The maximum atomic E-state index is 14.1. The predicted molar refractivity (Wildman–Crippen MR) is 209 cm³/mol. The van der Waals surface area contributed by atoms with E-state index in [1.54, 1.807) is 64.1 Å². The third kappa shape index (κ3) is 12.2. The molecule has 0 spiro atoms. The minimum Gasteiger partial charge on any atom is -0.425 e. The molecule has 1 aliphatic rings. The molecule has 57 heavy (non-hydrogen) atoms. The highest BCUT2D eigenvalue weighted by molar-refractivity contribution is 6.09. The molecule has 14 heteroatoms. The van der Waals surface area contributed by atoms with Crippen molar-refractivity contribution in [2.45, 2.75) is 86.4 Å². The SMILES string of the molecule is C=Cc1cc(C(=O)Cc2ccc(C(=N)CC(=O)OC(C)OC(=O)C(C)C)cc2)c(-c2ccc(C(=O)NCC3CC3)nc2C(=O)OC(C)OC(=O)C(C)C)cc1CO. The molecule has 0 aliphatic heterocycles. The van der Waals surface area contributed by atoms with Gasteiger partial charge in [0.1, 0.15) is 5.69 Å². The number of hydrogen-bond donors (Lipinski definition) is 3. The zero-order chi connectivity index (χ0) is 42.0. The first-order chi connectivity index (χ1) is 27.0. The number of aliphatic hydroxyl groups is 1. The molecule has 1 saturated carbocycles. The molecule has 0 bridgehead atoms. The molecule has 1 fully saturated rings. The zero-order valence-corrected chi connectivity index (χ0v) is 33.0. The van der Waals surface area contributed by atoms with Crippen LogP contribution in [0, 0.1) is 23.2 Å². The number of aliphatic hydroxyl groups excluding tert-OH is 1. The van der Waals surface area contributed by atoms with Crippen molar-refractivity contribution in [2.75, 3.05) is 6.54 Å². The number of ether oxygens (including phenoxy) is 4. The molecular weight excluding hydrogens is 734 g/mol. The van der Waals surface area contributed by atoms with Crippen LogP contribution in [-0.4, -0.2) is 70.5 Å². The van der Waals surface area contributed by atoms with Gasteiger partial charge in [-0.15, -0.1) is 0 Å². The lowest BCUT2D eigenvalue weighted by molar-refractivity contribution is -0.186. The number of pyridine rings is 1. The van der Waals surface area contributed by atoms with E-state index in [4.69, 9.17) is 24.4 Å². The maximum Gasteiger partial charge on any atom is 0.360 e. The number of esters is 4. The summed E-state index contributed by atoms with van der Waals surface area (Å²) in [6.45, 7) is 13.2. The van der Waals surface area contributed by atoms with Gasteiger partial charge >= 0.3 is 23.9 Å². The summed E-state index contributed by atoms with van der Waals surface area (Å²) in [5, 5.41) is 21.5. The summed E-state index contributed by atoms with van der Waals surface area (Å²) < 4.78 is 20.9. The monoisotopic (exact) mass is 783 g/mol. The molecule has 0 saturated heterocycles. The van der Waals surface area contributed by atoms with Gasteiger partial charge in [-0.2, -0.15) is 0 Å². The van der Waals surface area contributed by atoms with Gasteiger partial charge in [0, 0.05) is 43.7 Å². The Hall–Kier alpha value is -6.02. The Morgan fingerprint density at radius 3 is 2.04 bits per heavy atom. The third-order valence-electron chi connectivity index (χ3n) is 8.90. The molecule has 1 aromatic heterocycles. The van der Waals surface area contributed by atoms with Gasteiger partial charge in [0.2, 0.25) is 12.6 Å². The number of nitrogens with zero attached hydrogens (tertiary/aromatic N) is 1. The molecule has 1 amide bonds. The molecule has 1 heterocycles. The van der Waals surface area contributed by atoms with E-state index in [1.807, 2.05) is 0 Å². The van der Waals surface area contributed by atoms with Gasteiger partial charge in [-0.3, -0.25) is 24.0 Å². The number of benzene rings is 2. The second kappa shape index (κ2) is 19.7. The molecule has 1 aliphatic carbocycles. The van der Waals surface area contributed by atoms with E-state index >= 15 is 0 Å². The van der Waals surface area contributed by atoms with E-state index in [1.165, 1.54) is 32.1 Å². The molecule has 302 valence electrons. The largest absolute Gasteiger partial charge is 0.425 e. The van der Waals surface area contributed by atoms with Crippen molar-refractivity contribution >= 4 is 47.4 Å². The number of amides is 1. The Bertz CT molecular complexity index is 2030. The number of hydrogen-bond acceptors (Lipinski definition) is 13. The fourth-order valence-corrected chi connectivity index (χ4v) is 5.48. The summed E-state index contributed by atoms with van der Waals surface area (Å²) in [4.78, 5) is 81.8. The lowest BCUT2D eigenvalue weighted by Gasteiger charge is -2.19. The van der Waals surface area contributed by atoms with E-state index < -0.39 is 66.6 Å². The molecule has 3 aromatic rings. The standard InChI is InChI=1S/C43H49N3O11/c1-8-29-18-34(37(48)17-27-11-13-30(14-12-27)35(44)20-38(49)54-25(6)55-41(51)23(2)3)33(19-31(29)22-47)32-15-16-36(40(50)45-21-28-9-10-28)46-39(32)43(53)57-26(7)56-42(52)24(4)5/h8,11-16,18-19,23-26,28,44,47H,1,9-10,17,20-22H2,2-7H3,(H,45,50). The van der Waals surface area contributed by atoms with Crippen LogP contribution in [0.4, 0.5) is 0 Å². The van der Waals surface area contributed by atoms with Crippen LogP contribution in [0.1, 0.15) is 114 Å². The van der Waals surface area contributed by atoms with Crippen molar-refractivity contribution in [2.24, 2.45) is 17.8 Å². The first-order valence-corrected chi connectivity index (χ1v) is 18.7. The summed E-state index contributed by atoms with van der Waals surface area (Å²) in [6, 6.07) is 12.4. The van der Waals surface area contributed by atoms with Crippen LogP contribution in [-0.2, 0) is 46.4 Å². The average molecular weight is 784 g/mol. The van der Waals surface area contributed by atoms with Crippen LogP contribution in [0.15, 0.2) is 55.1 Å². The number of carbonyl (C=O) groups excluding carboxylic acids is 6. The molecule has 2 unspecified atom stereocenters. The Labute approximate surface area is 331 Å². The average Bonchev–Trinajstić information content (AvgIpc) is 4.00. The predicted octanol–water partition coefficient (Wildman–Crippen LogP) is 6.00. The summed E-state index contributed by atoms with van der Waals surface area (Å²) in [5.41, 5.74) is 1.88. The molecular formula is C43H49N3O11. The van der Waals surface area contributed by atoms with Crippen LogP contribution in [0.3, 0.4) is 0 Å². The third-order valence-corrected chi connectivity index (χ3v) is 8.90. The fourth-order valence-electron chi connectivity index (χ4n) is 5.48. The number of Topliss-reactive ketones (excluding diaryl/α,β-unsaturated/α-hetero) is 1. The Morgan fingerprint density at radius 2 is 1.47 bits per heavy atom. The number of nitrogens with one attached hydrogen (secondary N) is 2. The van der Waals surface area contributed by atoms with Crippen molar-refractivity contribution in [3.05, 3.63) is 94.3 Å². The second-order valence-corrected chi connectivity index (χ2v) is 14.4. The lowest BCUT2D eigenvalue weighted by Crippen LogP contribution is -2.28. The van der Waals surface area contributed by atoms with Crippen molar-refractivity contribution in [3.63, 3.8) is 0 Å². The van der Waals surface area contributed by atoms with Gasteiger partial charge in [-0.05, 0) is 70.8 Å². The number of carbonyl (C=O) groups is 6. The lowest BCUT2D eigenvalue weighted by atomic mass is 9.89. The molecule has 3 N–H and O–H groups in total. The van der Waals surface area contributed by atoms with Crippen LogP contribution in [0.2, 0.25) is 0 Å². The van der Waals surface area contributed by atoms with Gasteiger partial charge in [0.25, 0.3) is 5.91 Å². The number of aromatic nitrogens is 1.